The van der Waals surface area contributed by atoms with Crippen molar-refractivity contribution in [2.45, 2.75) is 12.3 Å². The maximum atomic E-state index is 12.4. The van der Waals surface area contributed by atoms with Crippen LogP contribution in [-0.4, -0.2) is 36.5 Å². The van der Waals surface area contributed by atoms with Crippen molar-refractivity contribution in [3.8, 4) is 0 Å². The number of ether oxygens (including phenoxy) is 1. The van der Waals surface area contributed by atoms with E-state index in [2.05, 4.69) is 15.0 Å². The summed E-state index contributed by atoms with van der Waals surface area (Å²) in [6, 6.07) is 0.800. The minimum atomic E-state index is -4.53. The average Bonchev–Trinajstić information content (AvgIpc) is 2.26. The van der Waals surface area contributed by atoms with Gasteiger partial charge in [0.1, 0.15) is 5.69 Å². The fraction of sp³-hybridized carbons (Fsp3) is 0.500. The highest BCUT2D eigenvalue weighted by Gasteiger charge is 2.32. The Morgan fingerprint density at radius 1 is 1.56 bits per heavy atom. The number of pyridine rings is 1. The third kappa shape index (κ3) is 4.04. The number of hydrogen-bond donors (Lipinski definition) is 3. The molecular formula is C10H14F3N3O2. The molecule has 1 unspecified atom stereocenters. The van der Waals surface area contributed by atoms with Crippen LogP contribution >= 0.6 is 0 Å². The number of hydrogen-bond acceptors (Lipinski definition) is 5. The quantitative estimate of drug-likeness (QED) is 0.743. The van der Waals surface area contributed by atoms with E-state index in [1.807, 2.05) is 0 Å². The number of methoxy groups -OCH3 is 1. The van der Waals surface area contributed by atoms with Crippen molar-refractivity contribution in [1.82, 2.24) is 4.98 Å². The monoisotopic (exact) mass is 265 g/mol. The van der Waals surface area contributed by atoms with Gasteiger partial charge in [-0.25, -0.2) is 4.98 Å². The Balaban J connectivity index is 2.76. The first-order valence-electron chi connectivity index (χ1n) is 5.08. The normalized spacial score (nSPS) is 13.4. The Morgan fingerprint density at radius 3 is 2.78 bits per heavy atom. The molecule has 0 aliphatic heterocycles. The summed E-state index contributed by atoms with van der Waals surface area (Å²) in [6.07, 6.45) is -4.44. The van der Waals surface area contributed by atoms with Crippen molar-refractivity contribution in [2.75, 3.05) is 31.3 Å². The largest absolute Gasteiger partial charge is 0.433 e. The summed E-state index contributed by atoms with van der Waals surface area (Å²) in [5, 5.41) is 12.0. The molecule has 8 heteroatoms. The maximum Gasteiger partial charge on any atom is 0.433 e. The Hall–Kier alpha value is -1.54. The van der Waals surface area contributed by atoms with Crippen LogP contribution in [0.3, 0.4) is 0 Å². The molecule has 0 amide bonds. The molecular weight excluding hydrogens is 251 g/mol. The van der Waals surface area contributed by atoms with E-state index in [1.165, 1.54) is 7.11 Å². The Kier molecular flexibility index (Phi) is 4.74. The first kappa shape index (κ1) is 14.5. The standard InChI is InChI=1S/C10H14F3N3O2/c1-18-5-6(17)3-15-8-2-9(10(11,12)13)16-4-7(8)14/h2,4,6,17H,3,5,14H2,1H3,(H,15,16). The molecule has 1 aromatic heterocycles. The number of nitrogens with zero attached hydrogens (tertiary/aromatic N) is 1. The van der Waals surface area contributed by atoms with E-state index in [1.54, 1.807) is 0 Å². The average molecular weight is 265 g/mol. The SMILES string of the molecule is COCC(O)CNc1cc(C(F)(F)F)ncc1N. The van der Waals surface area contributed by atoms with E-state index in [0.29, 0.717) is 0 Å². The molecule has 0 spiro atoms. The predicted octanol–water partition coefficient (Wildman–Crippen LogP) is 1.10. The lowest BCUT2D eigenvalue weighted by atomic mass is 10.2. The number of nitrogen functional groups attached to an aromatic ring is 1. The summed E-state index contributed by atoms with van der Waals surface area (Å²) in [4.78, 5) is 3.20. The van der Waals surface area contributed by atoms with E-state index >= 15 is 0 Å². The number of nitrogens with one attached hydrogen (secondary N) is 1. The van der Waals surface area contributed by atoms with Gasteiger partial charge in [0.2, 0.25) is 0 Å². The van der Waals surface area contributed by atoms with Crippen LogP contribution in [0.4, 0.5) is 24.5 Å². The number of aromatic nitrogens is 1. The van der Waals surface area contributed by atoms with Crippen LogP contribution in [0.25, 0.3) is 0 Å². The highest BCUT2D eigenvalue weighted by molar-refractivity contribution is 5.65. The Bertz CT molecular complexity index is 398. The van der Waals surface area contributed by atoms with Crippen molar-refractivity contribution in [3.63, 3.8) is 0 Å². The second kappa shape index (κ2) is 5.87. The Morgan fingerprint density at radius 2 is 2.22 bits per heavy atom. The summed E-state index contributed by atoms with van der Waals surface area (Å²) in [5.74, 6) is 0. The van der Waals surface area contributed by atoms with E-state index < -0.39 is 18.0 Å². The molecule has 0 bridgehead atoms. The van der Waals surface area contributed by atoms with Crippen LogP contribution < -0.4 is 11.1 Å². The van der Waals surface area contributed by atoms with Crippen LogP contribution in [0.5, 0.6) is 0 Å². The molecule has 0 aromatic carbocycles. The third-order valence-corrected chi connectivity index (χ3v) is 2.11. The van der Waals surface area contributed by atoms with E-state index in [0.717, 1.165) is 12.3 Å². The van der Waals surface area contributed by atoms with Gasteiger partial charge in [-0.2, -0.15) is 13.2 Å². The van der Waals surface area contributed by atoms with Gasteiger partial charge in [0.15, 0.2) is 0 Å². The second-order valence-electron chi connectivity index (χ2n) is 3.64. The zero-order valence-corrected chi connectivity index (χ0v) is 9.66. The van der Waals surface area contributed by atoms with Gasteiger partial charge in [-0.05, 0) is 6.07 Å². The molecule has 4 N–H and O–H groups in total. The number of anilines is 2. The lowest BCUT2D eigenvalue weighted by molar-refractivity contribution is -0.141. The molecule has 0 saturated heterocycles. The van der Waals surface area contributed by atoms with Gasteiger partial charge < -0.3 is 20.9 Å². The number of halogens is 3. The molecule has 0 aliphatic rings. The van der Waals surface area contributed by atoms with Gasteiger partial charge in [-0.15, -0.1) is 0 Å². The van der Waals surface area contributed by atoms with Crippen molar-refractivity contribution in [1.29, 1.82) is 0 Å². The number of aliphatic hydroxyl groups excluding tert-OH is 1. The summed E-state index contributed by atoms with van der Waals surface area (Å²) in [7, 11) is 1.41. The molecule has 1 heterocycles. The van der Waals surface area contributed by atoms with Gasteiger partial charge in [0.25, 0.3) is 0 Å². The Labute approximate surface area is 102 Å². The van der Waals surface area contributed by atoms with E-state index in [4.69, 9.17) is 5.73 Å². The highest BCUT2D eigenvalue weighted by Crippen LogP contribution is 2.30. The molecule has 1 atom stereocenters. The summed E-state index contributed by atoms with van der Waals surface area (Å²) >= 11 is 0. The highest BCUT2D eigenvalue weighted by atomic mass is 19.4. The molecule has 0 radical (unpaired) electrons. The van der Waals surface area contributed by atoms with Crippen molar-refractivity contribution in [3.05, 3.63) is 18.0 Å². The zero-order chi connectivity index (χ0) is 13.8. The van der Waals surface area contributed by atoms with Crippen molar-refractivity contribution < 1.29 is 23.0 Å². The van der Waals surface area contributed by atoms with Crippen molar-refractivity contribution in [2.24, 2.45) is 0 Å². The minimum Gasteiger partial charge on any atom is -0.396 e. The van der Waals surface area contributed by atoms with Crippen LogP contribution in [0.15, 0.2) is 12.3 Å². The fourth-order valence-corrected chi connectivity index (χ4v) is 1.25. The molecule has 102 valence electrons. The molecule has 0 fully saturated rings. The zero-order valence-electron chi connectivity index (χ0n) is 9.66. The first-order chi connectivity index (χ1) is 8.34. The number of aliphatic hydroxyl groups is 1. The lowest BCUT2D eigenvalue weighted by Crippen LogP contribution is -2.24. The fourth-order valence-electron chi connectivity index (χ4n) is 1.25. The van der Waals surface area contributed by atoms with Gasteiger partial charge in [-0.1, -0.05) is 0 Å². The van der Waals surface area contributed by atoms with Gasteiger partial charge in [-0.3, -0.25) is 0 Å². The minimum absolute atomic E-state index is 0.0271. The van der Waals surface area contributed by atoms with Crippen LogP contribution in [0, 0.1) is 0 Å². The molecule has 0 saturated carbocycles. The van der Waals surface area contributed by atoms with Gasteiger partial charge >= 0.3 is 6.18 Å². The topological polar surface area (TPSA) is 80.4 Å². The number of rotatable bonds is 5. The van der Waals surface area contributed by atoms with E-state index in [9.17, 15) is 18.3 Å². The molecule has 5 nitrogen and oxygen atoms in total. The molecule has 18 heavy (non-hydrogen) atoms. The molecule has 1 aromatic rings. The summed E-state index contributed by atoms with van der Waals surface area (Å²) in [5.41, 5.74) is 4.60. The van der Waals surface area contributed by atoms with Crippen LogP contribution in [0.1, 0.15) is 5.69 Å². The predicted molar refractivity (Wildman–Crippen MR) is 60.0 cm³/mol. The van der Waals surface area contributed by atoms with Crippen molar-refractivity contribution >= 4 is 11.4 Å². The van der Waals surface area contributed by atoms with Crippen LogP contribution in [-0.2, 0) is 10.9 Å². The first-order valence-corrected chi connectivity index (χ1v) is 5.08. The molecule has 0 aliphatic carbocycles. The molecule has 1 rings (SSSR count). The van der Waals surface area contributed by atoms with Gasteiger partial charge in [0.05, 0.1) is 30.3 Å². The number of alkyl halides is 3. The third-order valence-electron chi connectivity index (χ3n) is 2.11. The second-order valence-corrected chi connectivity index (χ2v) is 3.64. The summed E-state index contributed by atoms with van der Waals surface area (Å²) in [6.45, 7) is 0.101. The number of nitrogens with two attached hydrogens (primary N) is 1. The summed E-state index contributed by atoms with van der Waals surface area (Å²) < 4.78 is 41.9. The lowest BCUT2D eigenvalue weighted by Gasteiger charge is -2.14. The van der Waals surface area contributed by atoms with Crippen LogP contribution in [0.2, 0.25) is 0 Å². The smallest absolute Gasteiger partial charge is 0.396 e. The van der Waals surface area contributed by atoms with E-state index in [-0.39, 0.29) is 24.5 Å². The van der Waals surface area contributed by atoms with Gasteiger partial charge in [0, 0.05) is 13.7 Å². The maximum absolute atomic E-state index is 12.4.